The van der Waals surface area contributed by atoms with Gasteiger partial charge in [0.2, 0.25) is 0 Å². The Balaban J connectivity index is 2.29. The van der Waals surface area contributed by atoms with Gasteiger partial charge in [0, 0.05) is 37.3 Å². The third kappa shape index (κ3) is 4.39. The molecule has 0 aliphatic rings. The normalized spacial score (nSPS) is 10.5. The second-order valence-electron chi connectivity index (χ2n) is 4.31. The zero-order valence-electron chi connectivity index (χ0n) is 11.1. The smallest absolute Gasteiger partial charge is 0.255 e. The average Bonchev–Trinajstić information content (AvgIpc) is 2.41. The van der Waals surface area contributed by atoms with Crippen LogP contribution in [0, 0.1) is 0 Å². The van der Waals surface area contributed by atoms with Crippen LogP contribution in [0.3, 0.4) is 0 Å². The Morgan fingerprint density at radius 1 is 1.14 bits per heavy atom. The van der Waals surface area contributed by atoms with Gasteiger partial charge in [0.05, 0.1) is 6.61 Å². The van der Waals surface area contributed by atoms with Gasteiger partial charge in [0.1, 0.15) is 0 Å². The summed E-state index contributed by atoms with van der Waals surface area (Å²) in [6.45, 7) is 0.416. The molecule has 0 fully saturated rings. The summed E-state index contributed by atoms with van der Waals surface area (Å²) in [7, 11) is 1.62. The number of methoxy groups -OCH3 is 1. The summed E-state index contributed by atoms with van der Waals surface area (Å²) in [4.78, 5) is 12.4. The molecule has 0 aliphatic carbocycles. The molecule has 1 amide bonds. The summed E-state index contributed by atoms with van der Waals surface area (Å²) in [5.74, 6) is -0.174. The quantitative estimate of drug-likeness (QED) is 0.642. The standard InChI is InChI=1S/C15H12Br3NO2/c1-21-8-12-13(18)3-2-4-14(12)19-15(20)9-5-10(16)7-11(17)6-9/h2-7H,8H2,1H3,(H,19,20). The summed E-state index contributed by atoms with van der Waals surface area (Å²) < 4.78 is 7.76. The zero-order valence-corrected chi connectivity index (χ0v) is 15.9. The fraction of sp³-hybridized carbons (Fsp3) is 0.133. The second-order valence-corrected chi connectivity index (χ2v) is 7.00. The number of ether oxygens (including phenoxy) is 1. The van der Waals surface area contributed by atoms with E-state index in [1.54, 1.807) is 19.2 Å². The fourth-order valence-electron chi connectivity index (χ4n) is 1.85. The number of halogens is 3. The topological polar surface area (TPSA) is 38.3 Å². The summed E-state index contributed by atoms with van der Waals surface area (Å²) in [6.07, 6.45) is 0. The number of benzene rings is 2. The van der Waals surface area contributed by atoms with Crippen molar-refractivity contribution in [3.63, 3.8) is 0 Å². The first-order chi connectivity index (χ1) is 10.0. The number of anilines is 1. The van der Waals surface area contributed by atoms with Crippen molar-refractivity contribution in [3.05, 3.63) is 60.9 Å². The first-order valence-corrected chi connectivity index (χ1v) is 8.43. The SMILES string of the molecule is COCc1c(Br)cccc1NC(=O)c1cc(Br)cc(Br)c1. The van der Waals surface area contributed by atoms with E-state index in [1.807, 2.05) is 24.3 Å². The Morgan fingerprint density at radius 3 is 2.43 bits per heavy atom. The number of carbonyl (C=O) groups excluding carboxylic acids is 1. The molecule has 2 aromatic carbocycles. The van der Waals surface area contributed by atoms with Gasteiger partial charge in [-0.15, -0.1) is 0 Å². The van der Waals surface area contributed by atoms with Crippen molar-refractivity contribution >= 4 is 59.4 Å². The molecule has 0 aromatic heterocycles. The maximum Gasteiger partial charge on any atom is 0.255 e. The first kappa shape index (κ1) is 16.7. The largest absolute Gasteiger partial charge is 0.380 e. The van der Waals surface area contributed by atoms with Crippen LogP contribution >= 0.6 is 47.8 Å². The predicted molar refractivity (Wildman–Crippen MR) is 94.7 cm³/mol. The molecular formula is C15H12Br3NO2. The number of nitrogens with one attached hydrogen (secondary N) is 1. The van der Waals surface area contributed by atoms with Crippen LogP contribution in [-0.2, 0) is 11.3 Å². The highest BCUT2D eigenvalue weighted by atomic mass is 79.9. The Hall–Kier alpha value is -0.690. The number of hydrogen-bond donors (Lipinski definition) is 1. The van der Waals surface area contributed by atoms with Crippen molar-refractivity contribution < 1.29 is 9.53 Å². The molecular weight excluding hydrogens is 466 g/mol. The number of rotatable bonds is 4. The molecule has 0 bridgehead atoms. The molecule has 2 aromatic rings. The molecule has 0 saturated heterocycles. The highest BCUT2D eigenvalue weighted by molar-refractivity contribution is 9.11. The van der Waals surface area contributed by atoms with Crippen molar-refractivity contribution in [1.82, 2.24) is 0 Å². The van der Waals surface area contributed by atoms with E-state index in [0.29, 0.717) is 12.2 Å². The molecule has 0 aliphatic heterocycles. The third-order valence-electron chi connectivity index (χ3n) is 2.78. The highest BCUT2D eigenvalue weighted by Gasteiger charge is 2.12. The van der Waals surface area contributed by atoms with E-state index in [2.05, 4.69) is 53.1 Å². The minimum atomic E-state index is -0.174. The van der Waals surface area contributed by atoms with Crippen LogP contribution in [0.1, 0.15) is 15.9 Å². The molecule has 0 saturated carbocycles. The van der Waals surface area contributed by atoms with Crippen LogP contribution < -0.4 is 5.32 Å². The van der Waals surface area contributed by atoms with E-state index in [4.69, 9.17) is 4.74 Å². The lowest BCUT2D eigenvalue weighted by molar-refractivity contribution is 0.102. The van der Waals surface area contributed by atoms with Crippen LogP contribution in [0.2, 0.25) is 0 Å². The van der Waals surface area contributed by atoms with Crippen LogP contribution in [0.5, 0.6) is 0 Å². The Morgan fingerprint density at radius 2 is 1.81 bits per heavy atom. The lowest BCUT2D eigenvalue weighted by atomic mass is 10.1. The molecule has 0 heterocycles. The van der Waals surface area contributed by atoms with E-state index < -0.39 is 0 Å². The van der Waals surface area contributed by atoms with E-state index in [0.717, 1.165) is 24.7 Å². The van der Waals surface area contributed by atoms with Gasteiger partial charge in [-0.1, -0.05) is 53.9 Å². The molecule has 1 N–H and O–H groups in total. The molecule has 110 valence electrons. The van der Waals surface area contributed by atoms with Crippen LogP contribution in [0.15, 0.2) is 49.8 Å². The van der Waals surface area contributed by atoms with E-state index in [-0.39, 0.29) is 5.91 Å². The van der Waals surface area contributed by atoms with Crippen molar-refractivity contribution in [2.75, 3.05) is 12.4 Å². The maximum atomic E-state index is 12.4. The van der Waals surface area contributed by atoms with Crippen molar-refractivity contribution in [2.24, 2.45) is 0 Å². The molecule has 0 unspecified atom stereocenters. The Labute approximate surface area is 148 Å². The lowest BCUT2D eigenvalue weighted by Gasteiger charge is -2.12. The molecule has 0 radical (unpaired) electrons. The molecule has 3 nitrogen and oxygen atoms in total. The van der Waals surface area contributed by atoms with Gasteiger partial charge in [0.25, 0.3) is 5.91 Å². The molecule has 21 heavy (non-hydrogen) atoms. The van der Waals surface area contributed by atoms with E-state index in [9.17, 15) is 4.79 Å². The van der Waals surface area contributed by atoms with Crippen molar-refractivity contribution in [2.45, 2.75) is 6.61 Å². The van der Waals surface area contributed by atoms with Gasteiger partial charge in [-0.25, -0.2) is 0 Å². The molecule has 2 rings (SSSR count). The first-order valence-electron chi connectivity index (χ1n) is 6.05. The van der Waals surface area contributed by atoms with E-state index in [1.165, 1.54) is 0 Å². The summed E-state index contributed by atoms with van der Waals surface area (Å²) in [5, 5.41) is 2.92. The minimum Gasteiger partial charge on any atom is -0.380 e. The van der Waals surface area contributed by atoms with Gasteiger partial charge in [-0.3, -0.25) is 4.79 Å². The molecule has 0 spiro atoms. The van der Waals surface area contributed by atoms with Crippen LogP contribution in [-0.4, -0.2) is 13.0 Å². The third-order valence-corrected chi connectivity index (χ3v) is 4.44. The fourth-order valence-corrected chi connectivity index (χ4v) is 3.62. The highest BCUT2D eigenvalue weighted by Crippen LogP contribution is 2.27. The monoisotopic (exact) mass is 475 g/mol. The van der Waals surface area contributed by atoms with Crippen LogP contribution in [0.4, 0.5) is 5.69 Å². The predicted octanol–water partition coefficient (Wildman–Crippen LogP) is 5.37. The van der Waals surface area contributed by atoms with E-state index >= 15 is 0 Å². The zero-order chi connectivity index (χ0) is 15.4. The van der Waals surface area contributed by atoms with Gasteiger partial charge in [-0.05, 0) is 30.3 Å². The Kier molecular flexibility index (Phi) is 5.98. The Bertz CT molecular complexity index is 654. The lowest BCUT2D eigenvalue weighted by Crippen LogP contribution is -2.14. The average molecular weight is 478 g/mol. The molecule has 6 heteroatoms. The van der Waals surface area contributed by atoms with Gasteiger partial charge in [-0.2, -0.15) is 0 Å². The van der Waals surface area contributed by atoms with Crippen molar-refractivity contribution in [1.29, 1.82) is 0 Å². The maximum absolute atomic E-state index is 12.4. The number of carbonyl (C=O) groups is 1. The summed E-state index contributed by atoms with van der Waals surface area (Å²) in [6, 6.07) is 11.1. The number of amides is 1. The minimum absolute atomic E-state index is 0.174. The van der Waals surface area contributed by atoms with Gasteiger partial charge >= 0.3 is 0 Å². The van der Waals surface area contributed by atoms with Crippen LogP contribution in [0.25, 0.3) is 0 Å². The summed E-state index contributed by atoms with van der Waals surface area (Å²) in [5.41, 5.74) is 2.20. The summed E-state index contributed by atoms with van der Waals surface area (Å²) >= 11 is 10.2. The number of hydrogen-bond acceptors (Lipinski definition) is 2. The molecule has 0 atom stereocenters. The van der Waals surface area contributed by atoms with Gasteiger partial charge in [0.15, 0.2) is 0 Å². The van der Waals surface area contributed by atoms with Crippen molar-refractivity contribution in [3.8, 4) is 0 Å². The van der Waals surface area contributed by atoms with Gasteiger partial charge < -0.3 is 10.1 Å². The second kappa shape index (κ2) is 7.54.